The summed E-state index contributed by atoms with van der Waals surface area (Å²) in [4.78, 5) is 21.9. The molecule has 1 heterocycles. The SMILES string of the molecule is CC(C)(C)Cc1cccc(P(=O)(O)O)n1. The van der Waals surface area contributed by atoms with E-state index in [9.17, 15) is 4.57 Å². The Hall–Kier alpha value is -0.700. The number of rotatable bonds is 2. The van der Waals surface area contributed by atoms with E-state index in [-0.39, 0.29) is 10.9 Å². The monoisotopic (exact) mass is 229 g/mol. The second-order valence-corrected chi connectivity index (χ2v) is 6.31. The molecule has 4 nitrogen and oxygen atoms in total. The number of pyridine rings is 1. The molecule has 0 atom stereocenters. The molecular weight excluding hydrogens is 213 g/mol. The van der Waals surface area contributed by atoms with E-state index in [0.29, 0.717) is 12.1 Å². The summed E-state index contributed by atoms with van der Waals surface area (Å²) in [7, 11) is -4.22. The van der Waals surface area contributed by atoms with Crippen LogP contribution in [-0.2, 0) is 11.0 Å². The van der Waals surface area contributed by atoms with Gasteiger partial charge >= 0.3 is 7.60 Å². The van der Waals surface area contributed by atoms with E-state index in [4.69, 9.17) is 9.79 Å². The third-order valence-electron chi connectivity index (χ3n) is 1.80. The molecule has 0 aliphatic heterocycles. The number of hydrogen-bond acceptors (Lipinski definition) is 2. The molecule has 0 amide bonds. The van der Waals surface area contributed by atoms with Crippen LogP contribution in [0.1, 0.15) is 26.5 Å². The second-order valence-electron chi connectivity index (χ2n) is 4.77. The molecule has 15 heavy (non-hydrogen) atoms. The Morgan fingerprint density at radius 1 is 1.33 bits per heavy atom. The fraction of sp³-hybridized carbons (Fsp3) is 0.500. The van der Waals surface area contributed by atoms with Gasteiger partial charge in [0.05, 0.1) is 0 Å². The maximum absolute atomic E-state index is 11.0. The average Bonchev–Trinajstić information content (AvgIpc) is 1.99. The molecular formula is C10H16NO3P. The molecule has 84 valence electrons. The summed E-state index contributed by atoms with van der Waals surface area (Å²) < 4.78 is 11.0. The normalized spacial score (nSPS) is 12.9. The van der Waals surface area contributed by atoms with Gasteiger partial charge in [0.2, 0.25) is 0 Å². The molecule has 0 spiro atoms. The summed E-state index contributed by atoms with van der Waals surface area (Å²) in [6, 6.07) is 4.76. The van der Waals surface area contributed by atoms with Crippen molar-refractivity contribution < 1.29 is 14.4 Å². The lowest BCUT2D eigenvalue weighted by Crippen LogP contribution is -2.16. The summed E-state index contributed by atoms with van der Waals surface area (Å²) in [5, 5.41) is 0. The van der Waals surface area contributed by atoms with Gasteiger partial charge in [-0.25, -0.2) is 4.98 Å². The van der Waals surface area contributed by atoms with Crippen molar-refractivity contribution >= 4 is 13.0 Å². The zero-order valence-corrected chi connectivity index (χ0v) is 10.0. The maximum atomic E-state index is 11.0. The van der Waals surface area contributed by atoms with E-state index >= 15 is 0 Å². The molecule has 0 fully saturated rings. The summed E-state index contributed by atoms with van der Waals surface area (Å²) >= 11 is 0. The molecule has 0 bridgehead atoms. The van der Waals surface area contributed by atoms with Gasteiger partial charge in [0.25, 0.3) is 0 Å². The van der Waals surface area contributed by atoms with Gasteiger partial charge in [0.1, 0.15) is 0 Å². The van der Waals surface area contributed by atoms with Crippen LogP contribution in [0.3, 0.4) is 0 Å². The van der Waals surface area contributed by atoms with Crippen molar-refractivity contribution in [2.45, 2.75) is 27.2 Å². The van der Waals surface area contributed by atoms with Crippen LogP contribution < -0.4 is 5.44 Å². The maximum Gasteiger partial charge on any atom is 0.374 e. The number of aromatic nitrogens is 1. The Balaban J connectivity index is 2.99. The van der Waals surface area contributed by atoms with Crippen molar-refractivity contribution in [1.29, 1.82) is 0 Å². The van der Waals surface area contributed by atoms with Crippen LogP contribution >= 0.6 is 7.60 Å². The highest BCUT2D eigenvalue weighted by atomic mass is 31.2. The summed E-state index contributed by atoms with van der Waals surface area (Å²) in [6.45, 7) is 6.16. The largest absolute Gasteiger partial charge is 0.374 e. The van der Waals surface area contributed by atoms with E-state index < -0.39 is 7.60 Å². The van der Waals surface area contributed by atoms with Gasteiger partial charge < -0.3 is 9.79 Å². The summed E-state index contributed by atoms with van der Waals surface area (Å²) in [5.41, 5.74) is 0.619. The van der Waals surface area contributed by atoms with Crippen LogP contribution in [0, 0.1) is 5.41 Å². The van der Waals surface area contributed by atoms with Crippen molar-refractivity contribution in [2.75, 3.05) is 0 Å². The molecule has 0 unspecified atom stereocenters. The summed E-state index contributed by atoms with van der Waals surface area (Å²) in [6.07, 6.45) is 0.695. The predicted molar refractivity (Wildman–Crippen MR) is 59.1 cm³/mol. The van der Waals surface area contributed by atoms with E-state index in [1.807, 2.05) is 0 Å². The Morgan fingerprint density at radius 2 is 1.93 bits per heavy atom. The molecule has 5 heteroatoms. The molecule has 0 aliphatic rings. The van der Waals surface area contributed by atoms with Crippen molar-refractivity contribution in [2.24, 2.45) is 5.41 Å². The lowest BCUT2D eigenvalue weighted by atomic mass is 9.90. The average molecular weight is 229 g/mol. The Bertz CT molecular complexity index is 392. The molecule has 0 aliphatic carbocycles. The highest BCUT2D eigenvalue weighted by Gasteiger charge is 2.20. The van der Waals surface area contributed by atoms with Crippen LogP contribution in [0.15, 0.2) is 18.2 Å². The minimum atomic E-state index is -4.22. The molecule has 1 aromatic heterocycles. The minimum Gasteiger partial charge on any atom is -0.320 e. The van der Waals surface area contributed by atoms with Gasteiger partial charge in [-0.05, 0) is 24.0 Å². The van der Waals surface area contributed by atoms with Crippen LogP contribution in [0.2, 0.25) is 0 Å². The van der Waals surface area contributed by atoms with Crippen LogP contribution in [-0.4, -0.2) is 14.8 Å². The zero-order chi connectivity index (χ0) is 11.7. The minimum absolute atomic E-state index is 0.0561. The Labute approximate surface area is 89.5 Å². The fourth-order valence-electron chi connectivity index (χ4n) is 1.27. The first-order chi connectivity index (χ1) is 6.68. The Kier molecular flexibility index (Phi) is 3.34. The lowest BCUT2D eigenvalue weighted by Gasteiger charge is -2.17. The van der Waals surface area contributed by atoms with Crippen molar-refractivity contribution in [3.05, 3.63) is 23.9 Å². The summed E-state index contributed by atoms with van der Waals surface area (Å²) in [5.74, 6) is 0. The predicted octanol–water partition coefficient (Wildman–Crippen LogP) is 1.47. The molecule has 0 saturated carbocycles. The third kappa shape index (κ3) is 4.12. The van der Waals surface area contributed by atoms with Gasteiger partial charge in [-0.15, -0.1) is 0 Å². The van der Waals surface area contributed by atoms with Gasteiger partial charge in [0.15, 0.2) is 5.44 Å². The van der Waals surface area contributed by atoms with Crippen LogP contribution in [0.4, 0.5) is 0 Å². The first kappa shape index (κ1) is 12.4. The lowest BCUT2D eigenvalue weighted by molar-refractivity contribution is 0.384. The smallest absolute Gasteiger partial charge is 0.320 e. The standard InChI is InChI=1S/C10H16NO3P/c1-10(2,3)7-8-5-4-6-9(11-8)15(12,13)14/h4-6H,7H2,1-3H3,(H2,12,13,14). The molecule has 2 N–H and O–H groups in total. The highest BCUT2D eigenvalue weighted by Crippen LogP contribution is 2.32. The first-order valence-electron chi connectivity index (χ1n) is 4.70. The van der Waals surface area contributed by atoms with E-state index in [0.717, 1.165) is 0 Å². The first-order valence-corrected chi connectivity index (χ1v) is 6.32. The van der Waals surface area contributed by atoms with Crippen molar-refractivity contribution in [3.63, 3.8) is 0 Å². The fourth-order valence-corrected chi connectivity index (χ4v) is 1.81. The zero-order valence-electron chi connectivity index (χ0n) is 9.14. The van der Waals surface area contributed by atoms with Gasteiger partial charge in [0, 0.05) is 5.69 Å². The van der Waals surface area contributed by atoms with Crippen molar-refractivity contribution in [3.8, 4) is 0 Å². The van der Waals surface area contributed by atoms with Crippen LogP contribution in [0.5, 0.6) is 0 Å². The molecule has 1 aromatic rings. The Morgan fingerprint density at radius 3 is 2.40 bits per heavy atom. The molecule has 0 radical (unpaired) electrons. The van der Waals surface area contributed by atoms with E-state index in [2.05, 4.69) is 25.8 Å². The van der Waals surface area contributed by atoms with Gasteiger partial charge in [-0.2, -0.15) is 0 Å². The topological polar surface area (TPSA) is 70.4 Å². The molecule has 1 rings (SSSR count). The van der Waals surface area contributed by atoms with Gasteiger partial charge in [-0.3, -0.25) is 4.57 Å². The quantitative estimate of drug-likeness (QED) is 0.753. The number of nitrogens with zero attached hydrogens (tertiary/aromatic N) is 1. The van der Waals surface area contributed by atoms with E-state index in [1.54, 1.807) is 12.1 Å². The van der Waals surface area contributed by atoms with E-state index in [1.165, 1.54) is 6.07 Å². The highest BCUT2D eigenvalue weighted by molar-refractivity contribution is 7.60. The van der Waals surface area contributed by atoms with Gasteiger partial charge in [-0.1, -0.05) is 26.8 Å². The third-order valence-corrected chi connectivity index (χ3v) is 2.65. The number of hydrogen-bond donors (Lipinski definition) is 2. The second kappa shape index (κ2) is 4.05. The van der Waals surface area contributed by atoms with Crippen LogP contribution in [0.25, 0.3) is 0 Å². The molecule has 0 aromatic carbocycles. The molecule has 0 saturated heterocycles. The van der Waals surface area contributed by atoms with Crippen molar-refractivity contribution in [1.82, 2.24) is 4.98 Å².